The van der Waals surface area contributed by atoms with E-state index < -0.39 is 42.3 Å². The highest BCUT2D eigenvalue weighted by Crippen LogP contribution is 2.46. The van der Waals surface area contributed by atoms with Gasteiger partial charge >= 0.3 is 0 Å². The second kappa shape index (κ2) is 8.72. The van der Waals surface area contributed by atoms with Crippen molar-refractivity contribution in [3.8, 4) is 33.4 Å². The predicted octanol–water partition coefficient (Wildman–Crippen LogP) is 10.9. The molecule has 0 saturated heterocycles. The number of para-hydroxylation sites is 1. The van der Waals surface area contributed by atoms with E-state index in [0.29, 0.717) is 43.8 Å². The normalized spacial score (nSPS) is 15.9. The maximum Gasteiger partial charge on any atom is 0.136 e. The Morgan fingerprint density at radius 1 is 0.410 bits per heavy atom. The molecule has 0 atom stereocenters. The van der Waals surface area contributed by atoms with E-state index in [-0.39, 0.29) is 63.3 Å². The molecule has 0 radical (unpaired) electrons. The van der Waals surface area contributed by atoms with Crippen molar-refractivity contribution in [1.82, 2.24) is 0 Å². The fourth-order valence-corrected chi connectivity index (χ4v) is 5.41. The topological polar surface area (TPSA) is 13.1 Å². The van der Waals surface area contributed by atoms with Gasteiger partial charge in [-0.25, -0.2) is 0 Å². The monoisotopic (exact) mass is 508 g/mol. The van der Waals surface area contributed by atoms with Gasteiger partial charge in [-0.3, -0.25) is 0 Å². The minimum absolute atomic E-state index is 0.0338. The fraction of sp³-hybridized carbons (Fsp3) is 0. The van der Waals surface area contributed by atoms with Crippen LogP contribution >= 0.6 is 0 Å². The van der Waals surface area contributed by atoms with E-state index in [1.165, 1.54) is 0 Å². The number of furan rings is 1. The molecule has 0 aliphatic heterocycles. The zero-order chi connectivity index (χ0) is 36.2. The van der Waals surface area contributed by atoms with E-state index in [9.17, 15) is 2.74 Å². The van der Waals surface area contributed by atoms with Crippen molar-refractivity contribution < 1.29 is 20.9 Å². The summed E-state index contributed by atoms with van der Waals surface area (Å²) in [6, 6.07) is 17.0. The summed E-state index contributed by atoms with van der Waals surface area (Å²) in [5, 5.41) is 2.50. The third kappa shape index (κ3) is 3.41. The lowest BCUT2D eigenvalue weighted by atomic mass is 9.84. The molecule has 0 N–H and O–H groups in total. The lowest BCUT2D eigenvalue weighted by Gasteiger charge is -2.19. The number of hydrogen-bond donors (Lipinski definition) is 0. The highest BCUT2D eigenvalue weighted by atomic mass is 16.3. The Labute approximate surface area is 243 Å². The van der Waals surface area contributed by atoms with Gasteiger partial charge in [0.15, 0.2) is 0 Å². The molecule has 8 aromatic rings. The van der Waals surface area contributed by atoms with Crippen LogP contribution in [0.3, 0.4) is 0 Å². The van der Waals surface area contributed by atoms with Gasteiger partial charge in [-0.1, -0.05) is 127 Å². The van der Waals surface area contributed by atoms with Crippen LogP contribution in [0.5, 0.6) is 0 Å². The second-order valence-corrected chi connectivity index (χ2v) is 9.15. The minimum atomic E-state index is -0.507. The van der Waals surface area contributed by atoms with Gasteiger partial charge in [0.25, 0.3) is 0 Å². The van der Waals surface area contributed by atoms with Crippen LogP contribution in [0.1, 0.15) is 16.4 Å². The summed E-state index contributed by atoms with van der Waals surface area (Å²) >= 11 is 0. The molecule has 1 nitrogen and oxygen atoms in total. The van der Waals surface area contributed by atoms with Crippen molar-refractivity contribution in [3.05, 3.63) is 145 Å². The lowest BCUT2D eigenvalue weighted by molar-refractivity contribution is 0.669. The van der Waals surface area contributed by atoms with Crippen LogP contribution < -0.4 is 0 Å². The lowest BCUT2D eigenvalue weighted by Crippen LogP contribution is -1.92. The molecule has 0 amide bonds. The first kappa shape index (κ1) is 13.1. The summed E-state index contributed by atoms with van der Waals surface area (Å²) in [6.07, 6.45) is 0. The van der Waals surface area contributed by atoms with E-state index in [4.69, 9.17) is 18.1 Å². The van der Waals surface area contributed by atoms with Gasteiger partial charge in [0, 0.05) is 10.8 Å². The van der Waals surface area contributed by atoms with Crippen LogP contribution in [0, 0.1) is 0 Å². The van der Waals surface area contributed by atoms with Crippen LogP contribution in [-0.2, 0) is 0 Å². The Balaban J connectivity index is 1.52. The fourth-order valence-electron chi connectivity index (χ4n) is 5.41. The zero-order valence-electron chi connectivity index (χ0n) is 32.3. The maximum atomic E-state index is 9.41. The molecule has 0 aliphatic carbocycles. The van der Waals surface area contributed by atoms with Crippen LogP contribution in [0.2, 0.25) is 0 Å². The molecule has 0 saturated carbocycles. The van der Waals surface area contributed by atoms with Crippen LogP contribution in [0.15, 0.2) is 150 Å². The quantitative estimate of drug-likeness (QED) is 0.216. The largest absolute Gasteiger partial charge is 0.456 e. The van der Waals surface area contributed by atoms with Crippen molar-refractivity contribution >= 4 is 43.5 Å². The van der Waals surface area contributed by atoms with Gasteiger partial charge < -0.3 is 4.42 Å². The summed E-state index contributed by atoms with van der Waals surface area (Å²) in [4.78, 5) is 0. The molecular formula is C38H24O. The van der Waals surface area contributed by atoms with Crippen molar-refractivity contribution in [2.45, 2.75) is 0 Å². The van der Waals surface area contributed by atoms with Gasteiger partial charge in [-0.05, 0) is 73.1 Å². The third-order valence-electron chi connectivity index (χ3n) is 7.03. The molecule has 7 aromatic carbocycles. The molecule has 0 fully saturated rings. The Morgan fingerprint density at radius 2 is 0.974 bits per heavy atom. The molecule has 0 aliphatic rings. The van der Waals surface area contributed by atoms with Gasteiger partial charge in [-0.2, -0.15) is 0 Å². The van der Waals surface area contributed by atoms with Gasteiger partial charge in [0.2, 0.25) is 0 Å². The maximum absolute atomic E-state index is 9.41. The molecule has 1 aromatic heterocycles. The van der Waals surface area contributed by atoms with E-state index in [2.05, 4.69) is 0 Å². The van der Waals surface area contributed by atoms with Crippen LogP contribution in [-0.4, -0.2) is 0 Å². The molecule has 8 rings (SSSR count). The van der Waals surface area contributed by atoms with Crippen molar-refractivity contribution in [2.75, 3.05) is 0 Å². The van der Waals surface area contributed by atoms with Crippen molar-refractivity contribution in [3.63, 3.8) is 0 Å². The van der Waals surface area contributed by atoms with Gasteiger partial charge in [-0.15, -0.1) is 0 Å². The Morgan fingerprint density at radius 3 is 1.69 bits per heavy atom. The molecule has 1 heterocycles. The molecule has 0 spiro atoms. The van der Waals surface area contributed by atoms with E-state index in [1.807, 2.05) is 60.7 Å². The standard InChI is InChI=1S/C38H24O/c1-2-12-25(13-3-1)27-14-4-5-16-30(27)38-33-19-8-6-17-31(33)37(32-18-7-9-20-34(32)38)26-22-23-29-28-15-10-11-21-35(28)39-36(29)24-26/h1-24H/i1D,2D,3D,10D,11D,12D,13D,15D,21D,22D,23D,24D. The number of fused-ring (bicyclic) bond motifs is 5. The first-order chi connectivity index (χ1) is 24.4. The number of hydrogen-bond acceptors (Lipinski definition) is 1. The molecule has 182 valence electrons. The molecule has 0 unspecified atom stereocenters. The predicted molar refractivity (Wildman–Crippen MR) is 165 cm³/mol. The Bertz CT molecular complexity index is 2750. The highest BCUT2D eigenvalue weighted by molar-refractivity contribution is 6.23. The first-order valence-corrected chi connectivity index (χ1v) is 12.4. The number of rotatable bonds is 3. The average Bonchev–Trinajstić information content (AvgIpc) is 3.55. The summed E-state index contributed by atoms with van der Waals surface area (Å²) in [7, 11) is 0. The molecule has 0 bridgehead atoms. The van der Waals surface area contributed by atoms with Gasteiger partial charge in [0.05, 0.1) is 16.4 Å². The smallest absolute Gasteiger partial charge is 0.136 e. The minimum Gasteiger partial charge on any atom is -0.456 e. The van der Waals surface area contributed by atoms with Crippen molar-refractivity contribution in [1.29, 1.82) is 0 Å². The molecule has 1 heteroatoms. The SMILES string of the molecule is [2H]c1c([2H])c([2H])c(-c2ccccc2-c2c3ccccc3c(-c3c([2H])c([2H])c4c(oc5c([2H])c([2H])c([2H])c([2H])c54)c3[2H])c3ccccc23)c([2H])c1[2H]. The average molecular weight is 509 g/mol. The van der Waals surface area contributed by atoms with Crippen LogP contribution in [0.4, 0.5) is 0 Å². The van der Waals surface area contributed by atoms with E-state index >= 15 is 0 Å². The summed E-state index contributed by atoms with van der Waals surface area (Å²) in [5.74, 6) is 0. The Kier molecular flexibility index (Phi) is 2.92. The van der Waals surface area contributed by atoms with Gasteiger partial charge in [0.1, 0.15) is 11.2 Å². The summed E-state index contributed by atoms with van der Waals surface area (Å²) in [5.41, 5.74) is 2.02. The molecule has 39 heavy (non-hydrogen) atoms. The summed E-state index contributed by atoms with van der Waals surface area (Å²) in [6.45, 7) is 0. The van der Waals surface area contributed by atoms with E-state index in [1.54, 1.807) is 12.1 Å². The third-order valence-corrected chi connectivity index (χ3v) is 7.03. The van der Waals surface area contributed by atoms with Crippen LogP contribution in [0.25, 0.3) is 76.9 Å². The Hall–Kier alpha value is -5.14. The van der Waals surface area contributed by atoms with E-state index in [0.717, 1.165) is 0 Å². The highest BCUT2D eigenvalue weighted by Gasteiger charge is 2.19. The van der Waals surface area contributed by atoms with Crippen molar-refractivity contribution in [2.24, 2.45) is 0 Å². The molecular weight excluding hydrogens is 472 g/mol. The summed E-state index contributed by atoms with van der Waals surface area (Å²) < 4.78 is 109. The number of benzene rings is 7. The first-order valence-electron chi connectivity index (χ1n) is 18.4. The zero-order valence-corrected chi connectivity index (χ0v) is 20.3. The second-order valence-electron chi connectivity index (χ2n) is 9.15.